The van der Waals surface area contributed by atoms with Crippen LogP contribution in [0.15, 0.2) is 33.9 Å². The fraction of sp³-hybridized carbons (Fsp3) is 0.350. The monoisotopic (exact) mass is 408 g/mol. The Morgan fingerprint density at radius 3 is 2.66 bits per heavy atom. The fourth-order valence-corrected chi connectivity index (χ4v) is 3.92. The molecule has 0 bridgehead atoms. The summed E-state index contributed by atoms with van der Waals surface area (Å²) in [5.74, 6) is 0.538. The van der Waals surface area contributed by atoms with Crippen LogP contribution in [-0.2, 0) is 0 Å². The summed E-state index contributed by atoms with van der Waals surface area (Å²) >= 11 is 1.42. The zero-order chi connectivity index (χ0) is 20.8. The number of nitrogens with zero attached hydrogens (tertiary/aromatic N) is 7. The highest BCUT2D eigenvalue weighted by molar-refractivity contribution is 7.16. The summed E-state index contributed by atoms with van der Waals surface area (Å²) < 4.78 is 0. The maximum absolute atomic E-state index is 9.61. The van der Waals surface area contributed by atoms with Crippen molar-refractivity contribution < 1.29 is 0 Å². The Morgan fingerprint density at radius 1 is 1.34 bits per heavy atom. The molecular formula is C20H24N8S. The summed E-state index contributed by atoms with van der Waals surface area (Å²) in [7, 11) is 3.93. The lowest BCUT2D eigenvalue weighted by Crippen LogP contribution is -2.44. The van der Waals surface area contributed by atoms with Crippen molar-refractivity contribution in [1.29, 1.82) is 5.26 Å². The molecule has 1 aliphatic heterocycles. The van der Waals surface area contributed by atoms with Gasteiger partial charge < -0.3 is 15.1 Å². The minimum Gasteiger partial charge on any atom is -0.368 e. The van der Waals surface area contributed by atoms with E-state index in [9.17, 15) is 5.26 Å². The first kappa shape index (κ1) is 20.6. The third-order valence-electron chi connectivity index (χ3n) is 4.69. The van der Waals surface area contributed by atoms with Crippen LogP contribution in [0, 0.1) is 18.3 Å². The number of aryl methyl sites for hydroxylation is 1. The van der Waals surface area contributed by atoms with Gasteiger partial charge in [0.2, 0.25) is 0 Å². The van der Waals surface area contributed by atoms with Crippen LogP contribution in [0.3, 0.4) is 0 Å². The summed E-state index contributed by atoms with van der Waals surface area (Å²) in [6.07, 6.45) is 3.31. The molecule has 0 radical (unpaired) electrons. The van der Waals surface area contributed by atoms with Gasteiger partial charge in [-0.3, -0.25) is 4.99 Å². The van der Waals surface area contributed by atoms with Crippen LogP contribution in [-0.4, -0.2) is 68.1 Å². The van der Waals surface area contributed by atoms with E-state index < -0.39 is 0 Å². The smallest absolute Gasteiger partial charge is 0.183 e. The van der Waals surface area contributed by atoms with Gasteiger partial charge in [0.05, 0.1) is 28.0 Å². The second kappa shape index (κ2) is 9.41. The number of likely N-dealkylation sites (N-methyl/N-ethyl adjacent to an activating group) is 1. The Kier molecular flexibility index (Phi) is 6.69. The summed E-state index contributed by atoms with van der Waals surface area (Å²) in [6.45, 7) is 9.55. The van der Waals surface area contributed by atoms with Crippen molar-refractivity contribution >= 4 is 46.6 Å². The lowest BCUT2D eigenvalue weighted by Gasteiger charge is -2.33. The van der Waals surface area contributed by atoms with Crippen LogP contribution in [0.25, 0.3) is 5.70 Å². The van der Waals surface area contributed by atoms with Gasteiger partial charge in [0.25, 0.3) is 0 Å². The van der Waals surface area contributed by atoms with Crippen molar-refractivity contribution in [3.8, 4) is 6.07 Å². The standard InChI is InChI=1S/C20H24N8S/c1-14-19(29-20(23-3)26-14)18(22-2)15(11-21)12-24-17-6-5-16(13-25-17)28-9-7-27(4)8-10-28/h5-6,12-13H,2,7-10H2,1,3-4H3,(H,23,26)/b18-15-,24-12?. The average Bonchev–Trinajstić information content (AvgIpc) is 3.12. The number of piperazine rings is 1. The molecule has 0 aromatic carbocycles. The highest BCUT2D eigenvalue weighted by atomic mass is 32.1. The Hall–Kier alpha value is -3.09. The highest BCUT2D eigenvalue weighted by Gasteiger charge is 2.15. The molecule has 3 rings (SSSR count). The summed E-state index contributed by atoms with van der Waals surface area (Å²) in [5, 5.41) is 13.4. The van der Waals surface area contributed by atoms with Crippen molar-refractivity contribution in [2.24, 2.45) is 9.98 Å². The van der Waals surface area contributed by atoms with E-state index in [1.165, 1.54) is 17.6 Å². The van der Waals surface area contributed by atoms with Crippen LogP contribution in [0.2, 0.25) is 0 Å². The minimum absolute atomic E-state index is 0.319. The molecule has 0 aliphatic carbocycles. The number of hydrogen-bond donors (Lipinski definition) is 1. The topological polar surface area (TPSA) is 92.8 Å². The number of thiazole rings is 1. The maximum Gasteiger partial charge on any atom is 0.183 e. The number of nitrogens with one attached hydrogen (secondary N) is 1. The molecule has 2 aromatic heterocycles. The first-order valence-electron chi connectivity index (χ1n) is 9.26. The predicted octanol–water partition coefficient (Wildman–Crippen LogP) is 2.98. The lowest BCUT2D eigenvalue weighted by molar-refractivity contribution is 0.313. The number of anilines is 2. The molecule has 9 heteroatoms. The summed E-state index contributed by atoms with van der Waals surface area (Å²) in [6, 6.07) is 6.03. The van der Waals surface area contributed by atoms with E-state index in [1.807, 2.05) is 25.3 Å². The van der Waals surface area contributed by atoms with E-state index in [-0.39, 0.29) is 0 Å². The fourth-order valence-electron chi connectivity index (χ4n) is 2.98. The molecule has 29 heavy (non-hydrogen) atoms. The predicted molar refractivity (Wildman–Crippen MR) is 121 cm³/mol. The van der Waals surface area contributed by atoms with E-state index >= 15 is 0 Å². The minimum atomic E-state index is 0.319. The normalized spacial score (nSPS) is 15.9. The van der Waals surface area contributed by atoms with Crippen molar-refractivity contribution in [3.63, 3.8) is 0 Å². The van der Waals surface area contributed by atoms with Crippen molar-refractivity contribution in [1.82, 2.24) is 14.9 Å². The van der Waals surface area contributed by atoms with Crippen LogP contribution in [0.1, 0.15) is 10.6 Å². The number of rotatable bonds is 6. The van der Waals surface area contributed by atoms with Gasteiger partial charge in [0.1, 0.15) is 11.8 Å². The molecule has 2 aromatic rings. The number of aromatic nitrogens is 2. The lowest BCUT2D eigenvalue weighted by atomic mass is 10.2. The number of hydrogen-bond acceptors (Lipinski definition) is 9. The first-order chi connectivity index (χ1) is 14.0. The van der Waals surface area contributed by atoms with Crippen LogP contribution in [0.4, 0.5) is 16.6 Å². The molecule has 1 aliphatic rings. The second-order valence-electron chi connectivity index (χ2n) is 6.64. The molecule has 1 fully saturated rings. The van der Waals surface area contributed by atoms with Crippen LogP contribution in [0.5, 0.6) is 0 Å². The van der Waals surface area contributed by atoms with Crippen LogP contribution < -0.4 is 10.2 Å². The van der Waals surface area contributed by atoms with Crippen molar-refractivity contribution in [2.45, 2.75) is 6.92 Å². The number of aliphatic imine (C=N–C) groups is 2. The molecule has 0 spiro atoms. The third-order valence-corrected chi connectivity index (χ3v) is 5.87. The molecular weight excluding hydrogens is 384 g/mol. The van der Waals surface area contributed by atoms with Gasteiger partial charge in [-0.15, -0.1) is 0 Å². The number of pyridine rings is 1. The van der Waals surface area contributed by atoms with E-state index in [2.05, 4.69) is 54.9 Å². The van der Waals surface area contributed by atoms with E-state index in [0.29, 0.717) is 17.1 Å². The van der Waals surface area contributed by atoms with E-state index in [0.717, 1.165) is 47.6 Å². The number of allylic oxidation sites excluding steroid dienone is 1. The van der Waals surface area contributed by atoms with Gasteiger partial charge >= 0.3 is 0 Å². The molecule has 1 N–H and O–H groups in total. The molecule has 0 unspecified atom stereocenters. The zero-order valence-corrected chi connectivity index (χ0v) is 17.7. The Bertz CT molecular complexity index is 959. The zero-order valence-electron chi connectivity index (χ0n) is 16.9. The molecule has 8 nitrogen and oxygen atoms in total. The second-order valence-corrected chi connectivity index (χ2v) is 7.64. The average molecular weight is 409 g/mol. The first-order valence-corrected chi connectivity index (χ1v) is 10.1. The Morgan fingerprint density at radius 2 is 2.10 bits per heavy atom. The molecule has 0 amide bonds. The molecule has 3 heterocycles. The molecule has 0 saturated carbocycles. The molecule has 0 atom stereocenters. The highest BCUT2D eigenvalue weighted by Crippen LogP contribution is 2.31. The number of nitriles is 1. The van der Waals surface area contributed by atoms with Gasteiger partial charge in [0.15, 0.2) is 10.9 Å². The van der Waals surface area contributed by atoms with Gasteiger partial charge in [-0.05, 0) is 32.8 Å². The van der Waals surface area contributed by atoms with Gasteiger partial charge in [-0.25, -0.2) is 15.0 Å². The molecule has 150 valence electrons. The van der Waals surface area contributed by atoms with E-state index in [1.54, 1.807) is 7.05 Å². The van der Waals surface area contributed by atoms with Crippen LogP contribution >= 0.6 is 11.3 Å². The third kappa shape index (κ3) is 4.85. The summed E-state index contributed by atoms with van der Waals surface area (Å²) in [5.41, 5.74) is 2.67. The largest absolute Gasteiger partial charge is 0.368 e. The maximum atomic E-state index is 9.61. The Balaban J connectivity index is 1.80. The van der Waals surface area contributed by atoms with E-state index in [4.69, 9.17) is 0 Å². The molecule has 1 saturated heterocycles. The van der Waals surface area contributed by atoms with Crippen molar-refractivity contribution in [3.05, 3.63) is 34.5 Å². The quantitative estimate of drug-likeness (QED) is 0.583. The SMILES string of the molecule is C=N/C(=C(/C#N)C=Nc1ccc(N2CCN(C)CC2)cn1)c1sc(NC)nc1C. The Labute approximate surface area is 175 Å². The van der Waals surface area contributed by atoms with Gasteiger partial charge in [0, 0.05) is 39.4 Å². The van der Waals surface area contributed by atoms with Gasteiger partial charge in [-0.1, -0.05) is 11.3 Å². The summed E-state index contributed by atoms with van der Waals surface area (Å²) in [4.78, 5) is 22.7. The van der Waals surface area contributed by atoms with Crippen molar-refractivity contribution in [2.75, 3.05) is 50.5 Å². The van der Waals surface area contributed by atoms with Gasteiger partial charge in [-0.2, -0.15) is 5.26 Å².